The monoisotopic (exact) mass is 423 g/mol. The number of amides is 1. The number of nitrogens with two attached hydrogens (primary N) is 1. The third kappa shape index (κ3) is 4.48. The number of hydrogen-bond acceptors (Lipinski definition) is 4. The average Bonchev–Trinajstić information content (AvgIpc) is 2.95. The van der Waals surface area contributed by atoms with E-state index < -0.39 is 15.6 Å². The molecule has 0 saturated heterocycles. The average molecular weight is 424 g/mol. The molecule has 2 aromatic carbocycles. The van der Waals surface area contributed by atoms with Crippen molar-refractivity contribution in [2.45, 2.75) is 43.7 Å². The first-order valence-electron chi connectivity index (χ1n) is 8.89. The van der Waals surface area contributed by atoms with E-state index in [-0.39, 0.29) is 29.3 Å². The molecular weight excluding hydrogens is 398 g/mol. The second-order valence-electron chi connectivity index (χ2n) is 7.68. The number of para-hydroxylation sites is 1. The Balaban J connectivity index is 0.00000280. The van der Waals surface area contributed by atoms with E-state index in [0.29, 0.717) is 24.2 Å². The van der Waals surface area contributed by atoms with E-state index in [2.05, 4.69) is 5.32 Å². The minimum absolute atomic E-state index is 0. The zero-order valence-electron chi connectivity index (χ0n) is 16.2. The van der Waals surface area contributed by atoms with Crippen LogP contribution in [0.3, 0.4) is 0 Å². The molecular formula is C20H26ClN3O3S. The van der Waals surface area contributed by atoms with Gasteiger partial charge in [-0.05, 0) is 57.0 Å². The molecule has 8 heteroatoms. The van der Waals surface area contributed by atoms with Crippen molar-refractivity contribution in [1.82, 2.24) is 5.32 Å². The van der Waals surface area contributed by atoms with Crippen LogP contribution in [0.4, 0.5) is 5.69 Å². The molecule has 1 aliphatic rings. The Hall–Kier alpha value is -2.09. The number of nitrogens with one attached hydrogen (secondary N) is 1. The first-order chi connectivity index (χ1) is 12.6. The largest absolute Gasteiger partial charge is 0.350 e. The highest BCUT2D eigenvalue weighted by molar-refractivity contribution is 7.92. The van der Waals surface area contributed by atoms with Crippen molar-refractivity contribution in [1.29, 1.82) is 0 Å². The Morgan fingerprint density at radius 1 is 1.21 bits per heavy atom. The van der Waals surface area contributed by atoms with Crippen molar-refractivity contribution in [2.75, 3.05) is 10.8 Å². The Morgan fingerprint density at radius 3 is 2.57 bits per heavy atom. The van der Waals surface area contributed by atoms with E-state index >= 15 is 0 Å². The van der Waals surface area contributed by atoms with Crippen molar-refractivity contribution in [2.24, 2.45) is 5.73 Å². The van der Waals surface area contributed by atoms with Gasteiger partial charge in [-0.25, -0.2) is 8.42 Å². The molecule has 28 heavy (non-hydrogen) atoms. The molecule has 0 aliphatic carbocycles. The van der Waals surface area contributed by atoms with Gasteiger partial charge in [0.25, 0.3) is 15.9 Å². The van der Waals surface area contributed by atoms with Gasteiger partial charge < -0.3 is 11.1 Å². The van der Waals surface area contributed by atoms with Crippen molar-refractivity contribution < 1.29 is 13.2 Å². The van der Waals surface area contributed by atoms with Crippen LogP contribution in [0.1, 0.15) is 36.7 Å². The lowest BCUT2D eigenvalue weighted by Crippen LogP contribution is -2.45. The second kappa shape index (κ2) is 8.11. The number of carbonyl (C=O) groups is 1. The topological polar surface area (TPSA) is 92.5 Å². The molecule has 3 rings (SSSR count). The SMILES string of the molecule is CC1Cc2ccccc2N1S(=O)(=O)c1cccc(C(=O)NCC(C)(C)N)c1.Cl. The zero-order valence-corrected chi connectivity index (χ0v) is 17.8. The van der Waals surface area contributed by atoms with Crippen LogP contribution >= 0.6 is 12.4 Å². The van der Waals surface area contributed by atoms with Crippen LogP contribution in [-0.4, -0.2) is 32.5 Å². The number of nitrogens with zero attached hydrogens (tertiary/aromatic N) is 1. The summed E-state index contributed by atoms with van der Waals surface area (Å²) in [6, 6.07) is 13.4. The Bertz CT molecular complexity index is 971. The molecule has 1 atom stereocenters. The lowest BCUT2D eigenvalue weighted by atomic mass is 10.1. The normalized spacial score (nSPS) is 16.3. The van der Waals surface area contributed by atoms with Gasteiger partial charge in [-0.1, -0.05) is 24.3 Å². The van der Waals surface area contributed by atoms with E-state index in [0.717, 1.165) is 5.56 Å². The van der Waals surface area contributed by atoms with E-state index in [1.807, 2.05) is 31.2 Å². The summed E-state index contributed by atoms with van der Waals surface area (Å²) in [6.45, 7) is 5.79. The molecule has 2 aromatic rings. The Labute approximate surface area is 172 Å². The summed E-state index contributed by atoms with van der Waals surface area (Å²) in [5.41, 5.74) is 7.34. The van der Waals surface area contributed by atoms with Gasteiger partial charge in [0.15, 0.2) is 0 Å². The number of sulfonamides is 1. The van der Waals surface area contributed by atoms with Crippen molar-refractivity contribution in [3.63, 3.8) is 0 Å². The maximum atomic E-state index is 13.3. The first-order valence-corrected chi connectivity index (χ1v) is 10.3. The molecule has 0 aromatic heterocycles. The van der Waals surface area contributed by atoms with Crippen LogP contribution in [0.25, 0.3) is 0 Å². The minimum Gasteiger partial charge on any atom is -0.350 e. The molecule has 0 saturated carbocycles. The van der Waals surface area contributed by atoms with Crippen LogP contribution in [-0.2, 0) is 16.4 Å². The summed E-state index contributed by atoms with van der Waals surface area (Å²) in [5.74, 6) is -0.347. The fraction of sp³-hybridized carbons (Fsp3) is 0.350. The molecule has 0 bridgehead atoms. The summed E-state index contributed by atoms with van der Waals surface area (Å²) in [5, 5.41) is 2.74. The minimum atomic E-state index is -3.77. The van der Waals surface area contributed by atoms with Gasteiger partial charge >= 0.3 is 0 Å². The van der Waals surface area contributed by atoms with Gasteiger partial charge in [-0.3, -0.25) is 9.10 Å². The van der Waals surface area contributed by atoms with Gasteiger partial charge in [0, 0.05) is 23.7 Å². The van der Waals surface area contributed by atoms with Crippen molar-refractivity contribution in [3.8, 4) is 0 Å². The highest BCUT2D eigenvalue weighted by Crippen LogP contribution is 2.36. The summed E-state index contributed by atoms with van der Waals surface area (Å²) in [6.07, 6.45) is 0.668. The number of hydrogen-bond donors (Lipinski definition) is 2. The first kappa shape index (κ1) is 22.2. The summed E-state index contributed by atoms with van der Waals surface area (Å²) < 4.78 is 28.0. The number of carbonyl (C=O) groups excluding carboxylic acids is 1. The maximum absolute atomic E-state index is 13.3. The van der Waals surface area contributed by atoms with Crippen LogP contribution in [0, 0.1) is 0 Å². The predicted molar refractivity (Wildman–Crippen MR) is 114 cm³/mol. The highest BCUT2D eigenvalue weighted by atomic mass is 35.5. The van der Waals surface area contributed by atoms with Crippen molar-refractivity contribution >= 4 is 34.0 Å². The number of rotatable bonds is 5. The molecule has 0 fully saturated rings. The fourth-order valence-corrected chi connectivity index (χ4v) is 4.96. The molecule has 0 radical (unpaired) electrons. The molecule has 152 valence electrons. The van der Waals surface area contributed by atoms with Crippen LogP contribution in [0.2, 0.25) is 0 Å². The van der Waals surface area contributed by atoms with Gasteiger partial charge in [-0.2, -0.15) is 0 Å². The molecule has 1 heterocycles. The smallest absolute Gasteiger partial charge is 0.264 e. The number of halogens is 1. The summed E-state index contributed by atoms with van der Waals surface area (Å²) >= 11 is 0. The highest BCUT2D eigenvalue weighted by Gasteiger charge is 2.36. The predicted octanol–water partition coefficient (Wildman–Crippen LogP) is 2.72. The third-order valence-corrected chi connectivity index (χ3v) is 6.43. The number of anilines is 1. The van der Waals surface area contributed by atoms with E-state index in [4.69, 9.17) is 5.73 Å². The van der Waals surface area contributed by atoms with Gasteiger partial charge in [0.05, 0.1) is 10.6 Å². The van der Waals surface area contributed by atoms with Gasteiger partial charge in [0.2, 0.25) is 0 Å². The third-order valence-electron chi connectivity index (χ3n) is 4.50. The van der Waals surface area contributed by atoms with E-state index in [1.165, 1.54) is 16.4 Å². The summed E-state index contributed by atoms with van der Waals surface area (Å²) in [4.78, 5) is 12.5. The standard InChI is InChI=1S/C20H25N3O3S.ClH/c1-14-11-15-7-4-5-10-18(15)23(14)27(25,26)17-9-6-8-16(12-17)19(24)22-13-20(2,3)21;/h4-10,12,14H,11,13,21H2,1-3H3,(H,22,24);1H. The molecule has 3 N–H and O–H groups in total. The van der Waals surface area contributed by atoms with Gasteiger partial charge in [-0.15, -0.1) is 12.4 Å². The molecule has 1 unspecified atom stereocenters. The van der Waals surface area contributed by atoms with E-state index in [9.17, 15) is 13.2 Å². The number of benzene rings is 2. The second-order valence-corrected chi connectivity index (χ2v) is 9.50. The molecule has 6 nitrogen and oxygen atoms in total. The van der Waals surface area contributed by atoms with Crippen LogP contribution in [0.15, 0.2) is 53.4 Å². The van der Waals surface area contributed by atoms with E-state index in [1.54, 1.807) is 26.0 Å². The van der Waals surface area contributed by atoms with Crippen LogP contribution in [0.5, 0.6) is 0 Å². The van der Waals surface area contributed by atoms with Crippen molar-refractivity contribution in [3.05, 3.63) is 59.7 Å². The quantitative estimate of drug-likeness (QED) is 0.773. The Morgan fingerprint density at radius 2 is 1.89 bits per heavy atom. The maximum Gasteiger partial charge on any atom is 0.264 e. The molecule has 1 aliphatic heterocycles. The Kier molecular flexibility index (Phi) is 6.43. The lowest BCUT2D eigenvalue weighted by molar-refractivity contribution is 0.0946. The zero-order chi connectivity index (χ0) is 19.8. The van der Waals surface area contributed by atoms with Crippen LogP contribution < -0.4 is 15.4 Å². The molecule has 1 amide bonds. The van der Waals surface area contributed by atoms with Gasteiger partial charge in [0.1, 0.15) is 0 Å². The fourth-order valence-electron chi connectivity index (χ4n) is 3.22. The summed E-state index contributed by atoms with van der Waals surface area (Å²) in [7, 11) is -3.77. The lowest BCUT2D eigenvalue weighted by Gasteiger charge is -2.24. The molecule has 0 spiro atoms. The number of fused-ring (bicyclic) bond motifs is 1.